The third-order valence-corrected chi connectivity index (χ3v) is 6.28. The Labute approximate surface area is 171 Å². The molecule has 3 aromatic heterocycles. The highest BCUT2D eigenvalue weighted by molar-refractivity contribution is 7.14. The summed E-state index contributed by atoms with van der Waals surface area (Å²) in [5, 5.41) is 0.303. The first-order valence-corrected chi connectivity index (χ1v) is 10.2. The molecule has 0 unspecified atom stereocenters. The summed E-state index contributed by atoms with van der Waals surface area (Å²) >= 11 is 7.64. The van der Waals surface area contributed by atoms with E-state index < -0.39 is 5.91 Å². The molecule has 0 spiro atoms. The number of nitrogens with zero attached hydrogens (tertiary/aromatic N) is 2. The van der Waals surface area contributed by atoms with Crippen LogP contribution in [0.3, 0.4) is 0 Å². The summed E-state index contributed by atoms with van der Waals surface area (Å²) in [4.78, 5) is 30.5. The number of carbonyl (C=O) groups is 2. The molecule has 2 amide bonds. The first-order chi connectivity index (χ1) is 13.5. The van der Waals surface area contributed by atoms with E-state index in [1.54, 1.807) is 10.5 Å². The third kappa shape index (κ3) is 3.81. The molecule has 1 aliphatic rings. The fraction of sp³-hybridized carbons (Fsp3) is 0.250. The van der Waals surface area contributed by atoms with Crippen LogP contribution in [0.4, 0.5) is 0 Å². The van der Waals surface area contributed by atoms with Crippen LogP contribution in [0.15, 0.2) is 36.5 Å². The fourth-order valence-corrected chi connectivity index (χ4v) is 4.67. The molecule has 6 nitrogen and oxygen atoms in total. The second kappa shape index (κ2) is 7.77. The van der Waals surface area contributed by atoms with Gasteiger partial charge in [-0.05, 0) is 55.0 Å². The molecule has 4 rings (SSSR count). The van der Waals surface area contributed by atoms with Crippen LogP contribution in [0, 0.1) is 5.92 Å². The maximum absolute atomic E-state index is 12.3. The molecule has 0 radical (unpaired) electrons. The normalized spacial score (nSPS) is 16.3. The van der Waals surface area contributed by atoms with Gasteiger partial charge in [0, 0.05) is 17.2 Å². The van der Waals surface area contributed by atoms with Crippen molar-refractivity contribution in [2.75, 3.05) is 0 Å². The van der Waals surface area contributed by atoms with E-state index in [4.69, 9.17) is 11.6 Å². The molecule has 3 heterocycles. The number of hydrazine groups is 1. The number of fused-ring (bicyclic) bond motifs is 2. The van der Waals surface area contributed by atoms with Gasteiger partial charge in [0.15, 0.2) is 5.15 Å². The zero-order valence-electron chi connectivity index (χ0n) is 15.2. The van der Waals surface area contributed by atoms with Crippen molar-refractivity contribution in [3.05, 3.63) is 62.7 Å². The van der Waals surface area contributed by atoms with Gasteiger partial charge in [0.2, 0.25) is 0 Å². The van der Waals surface area contributed by atoms with Gasteiger partial charge in [0.05, 0.1) is 10.6 Å². The van der Waals surface area contributed by atoms with Crippen LogP contribution in [-0.4, -0.2) is 21.2 Å². The molecule has 3 aromatic rings. The Morgan fingerprint density at radius 2 is 2.21 bits per heavy atom. The number of imidazole rings is 1. The van der Waals surface area contributed by atoms with E-state index in [1.165, 1.54) is 27.9 Å². The van der Waals surface area contributed by atoms with Gasteiger partial charge < -0.3 is 0 Å². The van der Waals surface area contributed by atoms with Crippen LogP contribution in [0.25, 0.3) is 11.7 Å². The number of aryl methyl sites for hydroxylation is 1. The van der Waals surface area contributed by atoms with Gasteiger partial charge >= 0.3 is 0 Å². The smallest absolute Gasteiger partial charge is 0.279 e. The number of halogens is 1. The predicted octanol–water partition coefficient (Wildman–Crippen LogP) is 3.65. The molecule has 8 heteroatoms. The van der Waals surface area contributed by atoms with E-state index in [2.05, 4.69) is 22.8 Å². The molecule has 0 aliphatic heterocycles. The van der Waals surface area contributed by atoms with Gasteiger partial charge in [-0.3, -0.25) is 24.8 Å². The van der Waals surface area contributed by atoms with Crippen molar-refractivity contribution in [2.24, 2.45) is 5.92 Å². The number of amides is 2. The number of pyridine rings is 1. The van der Waals surface area contributed by atoms with Crippen LogP contribution in [0.5, 0.6) is 0 Å². The number of aromatic nitrogens is 2. The summed E-state index contributed by atoms with van der Waals surface area (Å²) in [7, 11) is 0. The Morgan fingerprint density at radius 3 is 3.07 bits per heavy atom. The highest BCUT2D eigenvalue weighted by atomic mass is 35.5. The quantitative estimate of drug-likeness (QED) is 0.507. The standard InChI is InChI=1S/C20H19ClN4O2S/c1-12-5-7-15-13(10-12)11-16(28-15)20(27)24-23-18(26)8-6-14-19(21)22-17-4-2-3-9-25(14)17/h2-4,6,8-9,11-12H,5,7,10H2,1H3,(H,23,26)(H,24,27)/b8-6+/t12-/m0/s1. The molecule has 144 valence electrons. The maximum atomic E-state index is 12.3. The SMILES string of the molecule is C[C@H]1CCc2sc(C(=O)NNC(=O)/C=C/c3c(Cl)nc4ccccn34)cc2C1. The van der Waals surface area contributed by atoms with Gasteiger partial charge in [-0.2, -0.15) is 0 Å². The molecule has 0 aromatic carbocycles. The lowest BCUT2D eigenvalue weighted by molar-refractivity contribution is -0.117. The first kappa shape index (κ1) is 18.7. The molecule has 1 atom stereocenters. The van der Waals surface area contributed by atoms with Gasteiger partial charge in [-0.1, -0.05) is 24.6 Å². The molecule has 0 saturated heterocycles. The zero-order valence-corrected chi connectivity index (χ0v) is 16.8. The fourth-order valence-electron chi connectivity index (χ4n) is 3.33. The molecule has 28 heavy (non-hydrogen) atoms. The predicted molar refractivity (Wildman–Crippen MR) is 110 cm³/mol. The van der Waals surface area contributed by atoms with Gasteiger partial charge in [0.25, 0.3) is 11.8 Å². The molecular formula is C20H19ClN4O2S. The Hall–Kier alpha value is -2.64. The average Bonchev–Trinajstić information content (AvgIpc) is 3.24. The van der Waals surface area contributed by atoms with Crippen molar-refractivity contribution in [1.29, 1.82) is 0 Å². The lowest BCUT2D eigenvalue weighted by Crippen LogP contribution is -2.40. The summed E-state index contributed by atoms with van der Waals surface area (Å²) in [5.74, 6) is -0.110. The first-order valence-electron chi connectivity index (χ1n) is 9.04. The Bertz CT molecular complexity index is 1090. The Balaban J connectivity index is 1.38. The van der Waals surface area contributed by atoms with Crippen LogP contribution < -0.4 is 10.9 Å². The van der Waals surface area contributed by atoms with Crippen molar-refractivity contribution >= 4 is 46.5 Å². The summed E-state index contributed by atoms with van der Waals surface area (Å²) in [6.07, 6.45) is 7.87. The lowest BCUT2D eigenvalue weighted by Gasteiger charge is -2.16. The van der Waals surface area contributed by atoms with Gasteiger partial charge in [0.1, 0.15) is 5.65 Å². The molecular weight excluding hydrogens is 396 g/mol. The van der Waals surface area contributed by atoms with Crippen LogP contribution in [0.2, 0.25) is 5.15 Å². The molecule has 0 bridgehead atoms. The van der Waals surface area contributed by atoms with Crippen LogP contribution in [0.1, 0.15) is 39.2 Å². The lowest BCUT2D eigenvalue weighted by atomic mass is 9.90. The summed E-state index contributed by atoms with van der Waals surface area (Å²) < 4.78 is 1.78. The highest BCUT2D eigenvalue weighted by Crippen LogP contribution is 2.32. The van der Waals surface area contributed by atoms with Gasteiger partial charge in [-0.25, -0.2) is 4.98 Å². The van der Waals surface area contributed by atoms with Crippen molar-refractivity contribution in [3.8, 4) is 0 Å². The van der Waals surface area contributed by atoms with E-state index in [0.717, 1.165) is 19.3 Å². The zero-order chi connectivity index (χ0) is 19.7. The minimum Gasteiger partial charge on any atom is -0.299 e. The van der Waals surface area contributed by atoms with E-state index in [1.807, 2.05) is 30.5 Å². The highest BCUT2D eigenvalue weighted by Gasteiger charge is 2.20. The number of carbonyl (C=O) groups excluding carboxylic acids is 2. The van der Waals surface area contributed by atoms with E-state index >= 15 is 0 Å². The largest absolute Gasteiger partial charge is 0.299 e. The van der Waals surface area contributed by atoms with Gasteiger partial charge in [-0.15, -0.1) is 11.3 Å². The number of rotatable bonds is 3. The topological polar surface area (TPSA) is 75.5 Å². The number of thiophene rings is 1. The third-order valence-electron chi connectivity index (χ3n) is 4.77. The maximum Gasteiger partial charge on any atom is 0.279 e. The van der Waals surface area contributed by atoms with Crippen molar-refractivity contribution in [3.63, 3.8) is 0 Å². The van der Waals surface area contributed by atoms with Crippen molar-refractivity contribution < 1.29 is 9.59 Å². The molecule has 1 aliphatic carbocycles. The number of hydrogen-bond acceptors (Lipinski definition) is 4. The summed E-state index contributed by atoms with van der Waals surface area (Å²) in [6, 6.07) is 7.47. The van der Waals surface area contributed by atoms with Crippen molar-refractivity contribution in [1.82, 2.24) is 20.2 Å². The average molecular weight is 415 g/mol. The molecule has 0 fully saturated rings. The van der Waals surface area contributed by atoms with Crippen LogP contribution in [-0.2, 0) is 17.6 Å². The number of nitrogens with one attached hydrogen (secondary N) is 2. The number of hydrogen-bond donors (Lipinski definition) is 2. The second-order valence-electron chi connectivity index (χ2n) is 6.90. The van der Waals surface area contributed by atoms with Crippen LogP contribution >= 0.6 is 22.9 Å². The van der Waals surface area contributed by atoms with E-state index in [-0.39, 0.29) is 5.91 Å². The second-order valence-corrected chi connectivity index (χ2v) is 8.40. The molecule has 2 N–H and O–H groups in total. The van der Waals surface area contributed by atoms with E-state index in [0.29, 0.717) is 27.3 Å². The Morgan fingerprint density at radius 1 is 1.36 bits per heavy atom. The minimum absolute atomic E-state index is 0.303. The minimum atomic E-state index is -0.453. The van der Waals surface area contributed by atoms with Crippen molar-refractivity contribution in [2.45, 2.75) is 26.2 Å². The summed E-state index contributed by atoms with van der Waals surface area (Å²) in [5.41, 5.74) is 7.41. The van der Waals surface area contributed by atoms with E-state index in [9.17, 15) is 9.59 Å². The summed E-state index contributed by atoms with van der Waals surface area (Å²) in [6.45, 7) is 2.23. The monoisotopic (exact) mass is 414 g/mol. The Kier molecular flexibility index (Phi) is 5.19. The molecule has 0 saturated carbocycles.